The first-order valence-corrected chi connectivity index (χ1v) is 8.80. The van der Waals surface area contributed by atoms with Gasteiger partial charge in [0.15, 0.2) is 0 Å². The van der Waals surface area contributed by atoms with Crippen molar-refractivity contribution in [3.05, 3.63) is 77.1 Å². The summed E-state index contributed by atoms with van der Waals surface area (Å²) in [4.78, 5) is 7.98. The number of aromatic amines is 1. The van der Waals surface area contributed by atoms with Crippen LogP contribution in [0.2, 0.25) is 5.02 Å². The maximum absolute atomic E-state index is 14.4. The Morgan fingerprint density at radius 1 is 0.926 bits per heavy atom. The van der Waals surface area contributed by atoms with E-state index >= 15 is 0 Å². The van der Waals surface area contributed by atoms with Gasteiger partial charge >= 0.3 is 0 Å². The molecule has 1 heterocycles. The fourth-order valence-corrected chi connectivity index (χ4v) is 3.86. The highest BCUT2D eigenvalue weighted by atomic mass is 35.5. The highest BCUT2D eigenvalue weighted by Gasteiger charge is 2.17. The molecule has 2 nitrogen and oxygen atoms in total. The topological polar surface area (TPSA) is 28.7 Å². The van der Waals surface area contributed by atoms with Crippen LogP contribution in [0, 0.1) is 18.2 Å². The maximum Gasteiger partial charge on any atom is 0.143 e. The van der Waals surface area contributed by atoms with Crippen LogP contribution in [0.25, 0.3) is 44.0 Å². The molecule has 128 valence electrons. The SMILES string of the molecule is C#Cc1ccc2c(c1)c1ccccc1c1nc(-c3c(F)cccc3Cl)[nH]c21. The molecule has 4 aromatic carbocycles. The fourth-order valence-electron chi connectivity index (χ4n) is 3.60. The summed E-state index contributed by atoms with van der Waals surface area (Å²) in [5, 5.41) is 4.36. The van der Waals surface area contributed by atoms with E-state index < -0.39 is 5.82 Å². The molecule has 0 aliphatic rings. The molecule has 4 heteroatoms. The molecular formula is C23H12ClFN2. The number of H-pyrrole nitrogens is 1. The minimum absolute atomic E-state index is 0.271. The second-order valence-electron chi connectivity index (χ2n) is 6.36. The normalized spacial score (nSPS) is 11.3. The van der Waals surface area contributed by atoms with E-state index in [9.17, 15) is 4.39 Å². The summed E-state index contributed by atoms with van der Waals surface area (Å²) in [5.74, 6) is 2.68. The lowest BCUT2D eigenvalue weighted by molar-refractivity contribution is 0.630. The van der Waals surface area contributed by atoms with Crippen molar-refractivity contribution in [1.29, 1.82) is 0 Å². The van der Waals surface area contributed by atoms with E-state index in [1.807, 2.05) is 42.5 Å². The van der Waals surface area contributed by atoms with E-state index in [0.717, 1.165) is 38.1 Å². The van der Waals surface area contributed by atoms with Crippen molar-refractivity contribution in [3.8, 4) is 23.7 Å². The largest absolute Gasteiger partial charge is 0.337 e. The molecule has 0 atom stereocenters. The molecule has 0 aliphatic carbocycles. The van der Waals surface area contributed by atoms with Crippen molar-refractivity contribution in [2.75, 3.05) is 0 Å². The van der Waals surface area contributed by atoms with Gasteiger partial charge in [-0.1, -0.05) is 53.9 Å². The van der Waals surface area contributed by atoms with Crippen LogP contribution in [0.15, 0.2) is 60.7 Å². The third kappa shape index (κ3) is 2.31. The average Bonchev–Trinajstić information content (AvgIpc) is 3.13. The Balaban J connectivity index is 1.97. The highest BCUT2D eigenvalue weighted by molar-refractivity contribution is 6.33. The van der Waals surface area contributed by atoms with Gasteiger partial charge in [0, 0.05) is 16.3 Å². The zero-order valence-electron chi connectivity index (χ0n) is 14.1. The van der Waals surface area contributed by atoms with Crippen molar-refractivity contribution in [3.63, 3.8) is 0 Å². The number of benzene rings is 4. The molecule has 1 N–H and O–H groups in total. The van der Waals surface area contributed by atoms with E-state index in [-0.39, 0.29) is 5.56 Å². The molecule has 5 rings (SSSR count). The lowest BCUT2D eigenvalue weighted by atomic mass is 9.98. The smallest absolute Gasteiger partial charge is 0.143 e. The Bertz CT molecular complexity index is 1390. The van der Waals surface area contributed by atoms with Crippen molar-refractivity contribution in [1.82, 2.24) is 9.97 Å². The standard InChI is InChI=1S/C23H12ClFN2/c1-2-13-10-11-16-17(12-13)14-6-3-4-7-15(14)21-22(16)27-23(26-21)20-18(24)8-5-9-19(20)25/h1,3-12H,(H,26,27). The summed E-state index contributed by atoms with van der Waals surface area (Å²) in [6.07, 6.45) is 5.58. The van der Waals surface area contributed by atoms with Crippen LogP contribution in [-0.2, 0) is 0 Å². The van der Waals surface area contributed by atoms with Gasteiger partial charge in [-0.3, -0.25) is 0 Å². The van der Waals surface area contributed by atoms with Gasteiger partial charge in [-0.25, -0.2) is 9.37 Å². The number of terminal acetylenes is 1. The van der Waals surface area contributed by atoms with Gasteiger partial charge in [-0.05, 0) is 35.0 Å². The Hall–Kier alpha value is -3.35. The number of aromatic nitrogens is 2. The van der Waals surface area contributed by atoms with Crippen molar-refractivity contribution < 1.29 is 4.39 Å². The molecule has 0 bridgehead atoms. The van der Waals surface area contributed by atoms with Gasteiger partial charge in [0.2, 0.25) is 0 Å². The van der Waals surface area contributed by atoms with Crippen molar-refractivity contribution in [2.24, 2.45) is 0 Å². The van der Waals surface area contributed by atoms with E-state index in [1.165, 1.54) is 6.07 Å². The lowest BCUT2D eigenvalue weighted by Crippen LogP contribution is -1.87. The molecular weight excluding hydrogens is 359 g/mol. The first-order chi connectivity index (χ1) is 13.2. The molecule has 0 unspecified atom stereocenters. The Morgan fingerprint density at radius 2 is 1.74 bits per heavy atom. The molecule has 0 amide bonds. The number of halogens is 2. The number of fused-ring (bicyclic) bond motifs is 6. The number of hydrogen-bond acceptors (Lipinski definition) is 1. The first-order valence-electron chi connectivity index (χ1n) is 8.42. The van der Waals surface area contributed by atoms with Crippen LogP contribution in [0.1, 0.15) is 5.56 Å². The molecule has 0 saturated carbocycles. The summed E-state index contributed by atoms with van der Waals surface area (Å²) in [7, 11) is 0. The second kappa shape index (κ2) is 5.84. The van der Waals surface area contributed by atoms with Gasteiger partial charge in [-0.2, -0.15) is 0 Å². The molecule has 0 spiro atoms. The summed E-state index contributed by atoms with van der Waals surface area (Å²) in [6.45, 7) is 0. The van der Waals surface area contributed by atoms with Crippen LogP contribution >= 0.6 is 11.6 Å². The summed E-state index contributed by atoms with van der Waals surface area (Å²) in [5.41, 5.74) is 2.69. The summed E-state index contributed by atoms with van der Waals surface area (Å²) in [6, 6.07) is 18.5. The predicted octanol–water partition coefficient (Wildman–Crippen LogP) is 6.31. The Labute approximate surface area is 159 Å². The number of imidazole rings is 1. The van der Waals surface area contributed by atoms with Crippen molar-refractivity contribution >= 4 is 44.2 Å². The monoisotopic (exact) mass is 370 g/mol. The van der Waals surface area contributed by atoms with Crippen LogP contribution in [0.3, 0.4) is 0 Å². The minimum Gasteiger partial charge on any atom is -0.337 e. The molecule has 1 aromatic heterocycles. The first kappa shape index (κ1) is 15.9. The summed E-state index contributed by atoms with van der Waals surface area (Å²) < 4.78 is 14.4. The van der Waals surface area contributed by atoms with E-state index in [0.29, 0.717) is 10.8 Å². The maximum atomic E-state index is 14.4. The lowest BCUT2D eigenvalue weighted by Gasteiger charge is -2.06. The van der Waals surface area contributed by atoms with Gasteiger partial charge < -0.3 is 4.98 Å². The highest BCUT2D eigenvalue weighted by Crippen LogP contribution is 2.37. The molecule has 0 saturated heterocycles. The van der Waals surface area contributed by atoms with Gasteiger partial charge in [0.05, 0.1) is 21.6 Å². The van der Waals surface area contributed by atoms with Crippen LogP contribution < -0.4 is 0 Å². The summed E-state index contributed by atoms with van der Waals surface area (Å²) >= 11 is 6.25. The third-order valence-corrected chi connectivity index (χ3v) is 5.15. The van der Waals surface area contributed by atoms with E-state index in [4.69, 9.17) is 23.0 Å². The molecule has 27 heavy (non-hydrogen) atoms. The van der Waals surface area contributed by atoms with Gasteiger partial charge in [0.1, 0.15) is 11.6 Å². The molecule has 5 aromatic rings. The Morgan fingerprint density at radius 3 is 2.52 bits per heavy atom. The van der Waals surface area contributed by atoms with E-state index in [1.54, 1.807) is 12.1 Å². The second-order valence-corrected chi connectivity index (χ2v) is 6.76. The van der Waals surface area contributed by atoms with Crippen LogP contribution in [0.4, 0.5) is 4.39 Å². The number of hydrogen-bond donors (Lipinski definition) is 1. The predicted molar refractivity (Wildman–Crippen MR) is 109 cm³/mol. The molecule has 0 aliphatic heterocycles. The van der Waals surface area contributed by atoms with Gasteiger partial charge in [0.25, 0.3) is 0 Å². The minimum atomic E-state index is -0.412. The van der Waals surface area contributed by atoms with Crippen molar-refractivity contribution in [2.45, 2.75) is 0 Å². The molecule has 0 fully saturated rings. The number of rotatable bonds is 1. The molecule has 0 radical (unpaired) electrons. The van der Waals surface area contributed by atoms with Crippen LogP contribution in [0.5, 0.6) is 0 Å². The third-order valence-electron chi connectivity index (χ3n) is 4.83. The fraction of sp³-hybridized carbons (Fsp3) is 0. The quantitative estimate of drug-likeness (QED) is 0.272. The van der Waals surface area contributed by atoms with Crippen LogP contribution in [-0.4, -0.2) is 9.97 Å². The zero-order valence-corrected chi connectivity index (χ0v) is 14.8. The average molecular weight is 371 g/mol. The number of nitrogens with zero attached hydrogens (tertiary/aromatic N) is 1. The van der Waals surface area contributed by atoms with Gasteiger partial charge in [-0.15, -0.1) is 6.42 Å². The number of nitrogens with one attached hydrogen (secondary N) is 1. The van der Waals surface area contributed by atoms with E-state index in [2.05, 4.69) is 10.9 Å². The Kier molecular flexibility index (Phi) is 3.43. The zero-order chi connectivity index (χ0) is 18.5.